The summed E-state index contributed by atoms with van der Waals surface area (Å²) >= 11 is 0. The van der Waals surface area contributed by atoms with E-state index in [4.69, 9.17) is 19.4 Å². The van der Waals surface area contributed by atoms with Gasteiger partial charge in [-0.05, 0) is 51.7 Å². The van der Waals surface area contributed by atoms with Gasteiger partial charge < -0.3 is 8.98 Å². The van der Waals surface area contributed by atoms with E-state index >= 15 is 0 Å². The molecule has 5 nitrogen and oxygen atoms in total. The number of para-hydroxylation sites is 1. The Kier molecular flexibility index (Phi) is 6.20. The number of aromatic nitrogens is 4. The van der Waals surface area contributed by atoms with Crippen LogP contribution in [0, 0.1) is 0 Å². The summed E-state index contributed by atoms with van der Waals surface area (Å²) in [6, 6.07) is 64.2. The molecular formula is C50H30N4O. The summed E-state index contributed by atoms with van der Waals surface area (Å²) in [5.41, 5.74) is 8.93. The molecule has 0 fully saturated rings. The van der Waals surface area contributed by atoms with Crippen molar-refractivity contribution in [2.24, 2.45) is 0 Å². The van der Waals surface area contributed by atoms with Gasteiger partial charge in [0.15, 0.2) is 23.0 Å². The van der Waals surface area contributed by atoms with Gasteiger partial charge in [-0.15, -0.1) is 0 Å². The number of hydrogen-bond acceptors (Lipinski definition) is 4. The second-order valence-electron chi connectivity index (χ2n) is 14.3. The molecule has 5 heteroatoms. The van der Waals surface area contributed by atoms with Gasteiger partial charge in [0.2, 0.25) is 0 Å². The third-order valence-electron chi connectivity index (χ3n) is 11.5. The standard InChI is InChI=1S/C50H30N4O/c1-3-13-31(14-4-1)32-25-27-34(28-26-32)47-51-48-38-20-11-23-42-45(38)46-39(21-12-24-43(46)55-42)50(49(52-47)53-48,35-16-5-2-6-17-35)54-40-22-10-9-19-37(40)44-36-18-8-7-15-33(36)29-30-41(44)54/h1-30H. The van der Waals surface area contributed by atoms with Crippen LogP contribution in [-0.2, 0) is 5.54 Å². The third kappa shape index (κ3) is 4.15. The van der Waals surface area contributed by atoms with E-state index in [-0.39, 0.29) is 0 Å². The lowest BCUT2D eigenvalue weighted by Crippen LogP contribution is -2.40. The summed E-state index contributed by atoms with van der Waals surface area (Å²) in [6.07, 6.45) is 0. The predicted molar refractivity (Wildman–Crippen MR) is 222 cm³/mol. The molecule has 1 atom stereocenters. The van der Waals surface area contributed by atoms with Crippen molar-refractivity contribution in [1.29, 1.82) is 0 Å². The smallest absolute Gasteiger partial charge is 0.168 e. The Morgan fingerprint density at radius 1 is 0.418 bits per heavy atom. The second kappa shape index (κ2) is 11.3. The van der Waals surface area contributed by atoms with E-state index in [2.05, 4.69) is 168 Å². The lowest BCUT2D eigenvalue weighted by Gasteiger charge is -2.38. The highest BCUT2D eigenvalue weighted by Crippen LogP contribution is 2.52. The summed E-state index contributed by atoms with van der Waals surface area (Å²) in [7, 11) is 0. The van der Waals surface area contributed by atoms with Crippen LogP contribution in [0.4, 0.5) is 0 Å². The van der Waals surface area contributed by atoms with E-state index < -0.39 is 5.54 Å². The Bertz CT molecular complexity index is 3310. The maximum absolute atomic E-state index is 6.71. The second-order valence-corrected chi connectivity index (χ2v) is 14.3. The summed E-state index contributed by atoms with van der Waals surface area (Å²) in [5.74, 6) is 1.86. The Morgan fingerprint density at radius 3 is 1.91 bits per heavy atom. The minimum absolute atomic E-state index is 0.612. The van der Waals surface area contributed by atoms with E-state index in [1.54, 1.807) is 0 Å². The summed E-state index contributed by atoms with van der Waals surface area (Å²) < 4.78 is 9.20. The molecule has 0 aliphatic carbocycles. The van der Waals surface area contributed by atoms with Crippen LogP contribution in [0.1, 0.15) is 17.0 Å². The fraction of sp³-hybridized carbons (Fsp3) is 0.0200. The fourth-order valence-corrected chi connectivity index (χ4v) is 9.12. The molecule has 256 valence electrons. The molecule has 0 radical (unpaired) electrons. The van der Waals surface area contributed by atoms with Crippen molar-refractivity contribution in [1.82, 2.24) is 19.5 Å². The number of nitrogens with zero attached hydrogens (tertiary/aromatic N) is 4. The van der Waals surface area contributed by atoms with Gasteiger partial charge >= 0.3 is 0 Å². The highest BCUT2D eigenvalue weighted by atomic mass is 16.3. The third-order valence-corrected chi connectivity index (χ3v) is 11.5. The van der Waals surface area contributed by atoms with Gasteiger partial charge in [0.05, 0.1) is 11.0 Å². The average Bonchev–Trinajstić information content (AvgIpc) is 3.81. The highest BCUT2D eigenvalue weighted by Gasteiger charge is 2.47. The normalized spacial score (nSPS) is 15.0. The van der Waals surface area contributed by atoms with Gasteiger partial charge in [0.25, 0.3) is 0 Å². The number of benzene rings is 8. The van der Waals surface area contributed by atoms with Crippen molar-refractivity contribution in [2.45, 2.75) is 5.54 Å². The zero-order valence-corrected chi connectivity index (χ0v) is 29.5. The average molecular weight is 703 g/mol. The van der Waals surface area contributed by atoms with Gasteiger partial charge in [0, 0.05) is 38.2 Å². The van der Waals surface area contributed by atoms with Gasteiger partial charge in [0.1, 0.15) is 11.2 Å². The Hall–Kier alpha value is -7.37. The summed E-state index contributed by atoms with van der Waals surface area (Å²) in [5, 5.41) is 6.80. The van der Waals surface area contributed by atoms with Crippen molar-refractivity contribution in [3.63, 3.8) is 0 Å². The molecule has 0 amide bonds. The minimum atomic E-state index is -1.06. The van der Waals surface area contributed by atoms with Gasteiger partial charge in [-0.2, -0.15) is 0 Å². The summed E-state index contributed by atoms with van der Waals surface area (Å²) in [4.78, 5) is 16.4. The van der Waals surface area contributed by atoms with Crippen molar-refractivity contribution >= 4 is 54.5 Å². The lowest BCUT2D eigenvalue weighted by molar-refractivity contribution is 0.516. The Morgan fingerprint density at radius 2 is 1.07 bits per heavy atom. The van der Waals surface area contributed by atoms with E-state index in [0.29, 0.717) is 17.5 Å². The Balaban J connectivity index is 1.29. The van der Waals surface area contributed by atoms with Crippen LogP contribution < -0.4 is 0 Å². The molecule has 3 aromatic heterocycles. The lowest BCUT2D eigenvalue weighted by atomic mass is 9.78. The van der Waals surface area contributed by atoms with Crippen LogP contribution in [0.2, 0.25) is 0 Å². The zero-order chi connectivity index (χ0) is 36.1. The first kappa shape index (κ1) is 30.1. The molecule has 4 heterocycles. The molecular weight excluding hydrogens is 673 g/mol. The van der Waals surface area contributed by atoms with Crippen molar-refractivity contribution < 1.29 is 4.42 Å². The van der Waals surface area contributed by atoms with E-state index in [1.807, 2.05) is 18.2 Å². The number of fused-ring (bicyclic) bond motifs is 8. The zero-order valence-electron chi connectivity index (χ0n) is 29.5. The van der Waals surface area contributed by atoms with Crippen LogP contribution in [-0.4, -0.2) is 19.5 Å². The molecule has 8 aromatic carbocycles. The largest absolute Gasteiger partial charge is 0.456 e. The fourth-order valence-electron chi connectivity index (χ4n) is 9.12. The predicted octanol–water partition coefficient (Wildman–Crippen LogP) is 12.2. The Labute approximate surface area is 315 Å². The molecule has 0 saturated heterocycles. The molecule has 11 aromatic rings. The van der Waals surface area contributed by atoms with E-state index in [9.17, 15) is 0 Å². The quantitative estimate of drug-likeness (QED) is 0.183. The minimum Gasteiger partial charge on any atom is -0.456 e. The first-order valence-corrected chi connectivity index (χ1v) is 18.6. The molecule has 1 unspecified atom stereocenters. The molecule has 12 rings (SSSR count). The van der Waals surface area contributed by atoms with Crippen molar-refractivity contribution in [2.75, 3.05) is 0 Å². The maximum atomic E-state index is 6.71. The van der Waals surface area contributed by atoms with Gasteiger partial charge in [-0.1, -0.05) is 158 Å². The topological polar surface area (TPSA) is 56.7 Å². The van der Waals surface area contributed by atoms with Crippen LogP contribution in [0.5, 0.6) is 0 Å². The molecule has 1 aliphatic heterocycles. The maximum Gasteiger partial charge on any atom is 0.168 e. The molecule has 0 N–H and O–H groups in total. The molecule has 55 heavy (non-hydrogen) atoms. The molecule has 0 spiro atoms. The van der Waals surface area contributed by atoms with E-state index in [1.165, 1.54) is 21.5 Å². The van der Waals surface area contributed by atoms with Gasteiger partial charge in [-0.3, -0.25) is 0 Å². The van der Waals surface area contributed by atoms with Crippen LogP contribution in [0.15, 0.2) is 186 Å². The SMILES string of the molecule is c1ccc(-c2ccc(-c3nc4nc(n3)C(c3ccccc3)(n3c5ccccc5c5c6ccccc6ccc53)c3cccc5oc6cccc-4c6c35)cc2)cc1. The van der Waals surface area contributed by atoms with Crippen molar-refractivity contribution in [3.05, 3.63) is 199 Å². The van der Waals surface area contributed by atoms with Crippen LogP contribution in [0.25, 0.3) is 88.4 Å². The van der Waals surface area contributed by atoms with Crippen LogP contribution in [0.3, 0.4) is 0 Å². The van der Waals surface area contributed by atoms with E-state index in [0.717, 1.165) is 66.4 Å². The molecule has 2 bridgehead atoms. The molecule has 0 saturated carbocycles. The highest BCUT2D eigenvalue weighted by molar-refractivity contribution is 6.21. The first-order chi connectivity index (χ1) is 27.3. The van der Waals surface area contributed by atoms with Crippen molar-refractivity contribution in [3.8, 4) is 33.9 Å². The summed E-state index contributed by atoms with van der Waals surface area (Å²) in [6.45, 7) is 0. The first-order valence-electron chi connectivity index (χ1n) is 18.6. The monoisotopic (exact) mass is 702 g/mol. The van der Waals surface area contributed by atoms with Gasteiger partial charge in [-0.25, -0.2) is 15.0 Å². The number of furan rings is 1. The number of rotatable bonds is 4. The van der Waals surface area contributed by atoms with Crippen LogP contribution >= 0.6 is 0 Å². The number of hydrogen-bond donors (Lipinski definition) is 0. The molecule has 1 aliphatic rings.